The fourth-order valence-electron chi connectivity index (χ4n) is 1.04. The van der Waals surface area contributed by atoms with Gasteiger partial charge < -0.3 is 5.73 Å². The van der Waals surface area contributed by atoms with Crippen LogP contribution in [0.25, 0.3) is 5.65 Å². The van der Waals surface area contributed by atoms with E-state index in [0.717, 1.165) is 6.20 Å². The lowest BCUT2D eigenvalue weighted by molar-refractivity contribution is 0.610. The standard InChI is InChI=1S/C6H5ClN4O2S/c7-14(12,13)5-2-10-11-3-4(8)1-9-6(5)11/h1-3H,8H2. The molecule has 0 bridgehead atoms. The van der Waals surface area contributed by atoms with E-state index >= 15 is 0 Å². The number of nitrogen functional groups attached to an aromatic ring is 1. The van der Waals surface area contributed by atoms with Gasteiger partial charge in [0, 0.05) is 10.7 Å². The second kappa shape index (κ2) is 2.82. The normalized spacial score (nSPS) is 12.1. The fraction of sp³-hybridized carbons (Fsp3) is 0. The van der Waals surface area contributed by atoms with Crippen LogP contribution in [-0.4, -0.2) is 23.0 Å². The van der Waals surface area contributed by atoms with E-state index in [2.05, 4.69) is 10.1 Å². The zero-order valence-corrected chi connectivity index (χ0v) is 8.33. The smallest absolute Gasteiger partial charge is 0.266 e. The predicted molar refractivity (Wildman–Crippen MR) is 50.4 cm³/mol. The van der Waals surface area contributed by atoms with E-state index in [4.69, 9.17) is 16.4 Å². The maximum atomic E-state index is 11.0. The van der Waals surface area contributed by atoms with Gasteiger partial charge in [0.2, 0.25) is 0 Å². The van der Waals surface area contributed by atoms with Crippen LogP contribution in [0, 0.1) is 0 Å². The highest BCUT2D eigenvalue weighted by atomic mass is 35.7. The summed E-state index contributed by atoms with van der Waals surface area (Å²) >= 11 is 0. The van der Waals surface area contributed by atoms with Crippen LogP contribution < -0.4 is 5.73 Å². The van der Waals surface area contributed by atoms with Gasteiger partial charge in [-0.1, -0.05) is 0 Å². The van der Waals surface area contributed by atoms with E-state index in [0.29, 0.717) is 5.69 Å². The van der Waals surface area contributed by atoms with Crippen LogP contribution in [0.4, 0.5) is 5.69 Å². The van der Waals surface area contributed by atoms with Crippen molar-refractivity contribution in [3.8, 4) is 0 Å². The molecule has 0 fully saturated rings. The molecule has 0 aliphatic heterocycles. The van der Waals surface area contributed by atoms with Gasteiger partial charge in [-0.25, -0.2) is 17.9 Å². The third kappa shape index (κ3) is 1.40. The Bertz CT molecular complexity index is 591. The molecule has 0 saturated heterocycles. The Labute approximate surface area is 83.7 Å². The number of fused-ring (bicyclic) bond motifs is 1. The summed E-state index contributed by atoms with van der Waals surface area (Å²) in [7, 11) is 1.35. The molecule has 0 unspecified atom stereocenters. The van der Waals surface area contributed by atoms with Crippen LogP contribution in [0.5, 0.6) is 0 Å². The highest BCUT2D eigenvalue weighted by molar-refractivity contribution is 8.13. The molecule has 14 heavy (non-hydrogen) atoms. The lowest BCUT2D eigenvalue weighted by Crippen LogP contribution is -1.96. The molecule has 0 spiro atoms. The molecule has 0 atom stereocenters. The van der Waals surface area contributed by atoms with E-state index in [1.54, 1.807) is 0 Å². The van der Waals surface area contributed by atoms with Crippen molar-refractivity contribution in [1.82, 2.24) is 14.6 Å². The van der Waals surface area contributed by atoms with E-state index in [-0.39, 0.29) is 10.5 Å². The van der Waals surface area contributed by atoms with E-state index in [1.807, 2.05) is 0 Å². The van der Waals surface area contributed by atoms with Crippen molar-refractivity contribution < 1.29 is 8.42 Å². The predicted octanol–water partition coefficient (Wildman–Crippen LogP) is 0.239. The Balaban J connectivity index is 2.83. The Kier molecular flexibility index (Phi) is 1.86. The number of nitrogens with two attached hydrogens (primary N) is 1. The number of aromatic nitrogens is 3. The van der Waals surface area contributed by atoms with Crippen LogP contribution >= 0.6 is 10.7 Å². The second-order valence-corrected chi connectivity index (χ2v) is 5.14. The Morgan fingerprint density at radius 2 is 2.14 bits per heavy atom. The summed E-state index contributed by atoms with van der Waals surface area (Å²) in [6.07, 6.45) is 3.92. The summed E-state index contributed by atoms with van der Waals surface area (Å²) in [6.45, 7) is 0. The molecule has 0 amide bonds. The van der Waals surface area contributed by atoms with Gasteiger partial charge in [-0.05, 0) is 0 Å². The Morgan fingerprint density at radius 1 is 1.43 bits per heavy atom. The molecule has 2 rings (SSSR count). The summed E-state index contributed by atoms with van der Waals surface area (Å²) in [5, 5.41) is 3.76. The molecule has 6 nitrogen and oxygen atoms in total. The number of anilines is 1. The molecule has 2 aromatic heterocycles. The summed E-state index contributed by atoms with van der Waals surface area (Å²) in [5.41, 5.74) is 5.99. The van der Waals surface area contributed by atoms with Crippen LogP contribution in [0.15, 0.2) is 23.5 Å². The van der Waals surface area contributed by atoms with Crippen molar-refractivity contribution in [3.05, 3.63) is 18.6 Å². The largest absolute Gasteiger partial charge is 0.396 e. The monoisotopic (exact) mass is 232 g/mol. The quantitative estimate of drug-likeness (QED) is 0.712. The van der Waals surface area contributed by atoms with Crippen LogP contribution in [0.1, 0.15) is 0 Å². The number of halogens is 1. The number of hydrogen-bond donors (Lipinski definition) is 1. The molecule has 74 valence electrons. The lowest BCUT2D eigenvalue weighted by atomic mass is 10.5. The third-order valence-corrected chi connectivity index (χ3v) is 2.92. The van der Waals surface area contributed by atoms with Gasteiger partial charge in [-0.3, -0.25) is 0 Å². The summed E-state index contributed by atoms with van der Waals surface area (Å²) in [4.78, 5) is 3.69. The topological polar surface area (TPSA) is 90.3 Å². The van der Waals surface area contributed by atoms with Gasteiger partial charge in [-0.15, -0.1) is 0 Å². The van der Waals surface area contributed by atoms with Gasteiger partial charge in [0.1, 0.15) is 4.90 Å². The van der Waals surface area contributed by atoms with E-state index in [1.165, 1.54) is 16.9 Å². The van der Waals surface area contributed by atoms with E-state index < -0.39 is 9.05 Å². The van der Waals surface area contributed by atoms with Gasteiger partial charge >= 0.3 is 0 Å². The molecule has 2 heterocycles. The molecule has 0 aliphatic rings. The zero-order valence-electron chi connectivity index (χ0n) is 6.75. The third-order valence-electron chi connectivity index (χ3n) is 1.61. The maximum absolute atomic E-state index is 11.0. The molecule has 2 aromatic rings. The van der Waals surface area contributed by atoms with Gasteiger partial charge in [0.25, 0.3) is 9.05 Å². The van der Waals surface area contributed by atoms with Gasteiger partial charge in [0.15, 0.2) is 5.65 Å². The highest BCUT2D eigenvalue weighted by Gasteiger charge is 2.17. The van der Waals surface area contributed by atoms with Gasteiger partial charge in [-0.2, -0.15) is 5.10 Å². The molecule has 8 heteroatoms. The molecular formula is C6H5ClN4O2S. The molecule has 0 aromatic carbocycles. The Hall–Kier alpha value is -1.34. The second-order valence-electron chi connectivity index (χ2n) is 2.60. The van der Waals surface area contributed by atoms with Crippen LogP contribution in [0.3, 0.4) is 0 Å². The van der Waals surface area contributed by atoms with Crippen molar-refractivity contribution >= 4 is 31.1 Å². The maximum Gasteiger partial charge on any atom is 0.266 e. The SMILES string of the molecule is Nc1cnc2c(S(=O)(=O)Cl)cnn2c1. The van der Waals surface area contributed by atoms with Gasteiger partial charge in [0.05, 0.1) is 24.3 Å². The molecule has 0 saturated carbocycles. The number of rotatable bonds is 1. The number of nitrogens with zero attached hydrogens (tertiary/aromatic N) is 3. The minimum Gasteiger partial charge on any atom is -0.396 e. The van der Waals surface area contributed by atoms with Crippen molar-refractivity contribution in [2.24, 2.45) is 0 Å². The minimum atomic E-state index is -3.81. The average molecular weight is 233 g/mol. The summed E-state index contributed by atoms with van der Waals surface area (Å²) < 4.78 is 23.3. The average Bonchev–Trinajstić information content (AvgIpc) is 2.45. The summed E-state index contributed by atoms with van der Waals surface area (Å²) in [5.74, 6) is 0. The first-order valence-electron chi connectivity index (χ1n) is 3.52. The zero-order chi connectivity index (χ0) is 10.3. The van der Waals surface area contributed by atoms with Crippen LogP contribution in [0.2, 0.25) is 0 Å². The number of hydrogen-bond acceptors (Lipinski definition) is 5. The first-order chi connectivity index (χ1) is 6.48. The molecule has 0 aliphatic carbocycles. The van der Waals surface area contributed by atoms with Crippen molar-refractivity contribution in [2.75, 3.05) is 5.73 Å². The van der Waals surface area contributed by atoms with Crippen molar-refractivity contribution in [1.29, 1.82) is 0 Å². The summed E-state index contributed by atoms with van der Waals surface area (Å²) in [6, 6.07) is 0. The van der Waals surface area contributed by atoms with Crippen molar-refractivity contribution in [2.45, 2.75) is 4.90 Å². The highest BCUT2D eigenvalue weighted by Crippen LogP contribution is 2.19. The molecular weight excluding hydrogens is 228 g/mol. The molecule has 2 N–H and O–H groups in total. The van der Waals surface area contributed by atoms with Crippen LogP contribution in [-0.2, 0) is 9.05 Å². The molecule has 0 radical (unpaired) electrons. The van der Waals surface area contributed by atoms with Crippen molar-refractivity contribution in [3.63, 3.8) is 0 Å². The minimum absolute atomic E-state index is 0.126. The lowest BCUT2D eigenvalue weighted by Gasteiger charge is -1.95. The fourth-order valence-corrected chi connectivity index (χ4v) is 1.90. The first-order valence-corrected chi connectivity index (χ1v) is 5.83. The Morgan fingerprint density at radius 3 is 2.79 bits per heavy atom. The first kappa shape index (κ1) is 9.22. The van der Waals surface area contributed by atoms with E-state index in [9.17, 15) is 8.42 Å².